The molecule has 2 nitrogen and oxygen atoms in total. The zero-order valence-corrected chi connectivity index (χ0v) is 16.0. The molecule has 0 fully saturated rings. The van der Waals surface area contributed by atoms with Crippen LogP contribution in [-0.4, -0.2) is 5.71 Å². The molecule has 4 heteroatoms. The topological polar surface area (TPSA) is 24.4 Å². The smallest absolute Gasteiger partial charge is 0.0607 e. The lowest BCUT2D eigenvalue weighted by atomic mass is 10.1. The number of nitrogens with one attached hydrogen (secondary N) is 1. The third-order valence-electron chi connectivity index (χ3n) is 3.80. The Morgan fingerprint density at radius 1 is 1.00 bits per heavy atom. The van der Waals surface area contributed by atoms with Crippen molar-refractivity contribution in [3.8, 4) is 0 Å². The van der Waals surface area contributed by atoms with Gasteiger partial charge in [-0.15, -0.1) is 0 Å². The monoisotopic (exact) mass is 374 g/mol. The molecule has 0 aliphatic carbocycles. The Morgan fingerprint density at radius 3 is 2.52 bits per heavy atom. The van der Waals surface area contributed by atoms with Crippen molar-refractivity contribution in [1.29, 1.82) is 0 Å². The highest BCUT2D eigenvalue weighted by Gasteiger charge is 1.99. The van der Waals surface area contributed by atoms with Crippen molar-refractivity contribution in [2.75, 3.05) is 5.43 Å². The number of rotatable bonds is 9. The number of unbranched alkanes of at least 4 members (excludes halogenated alkanes) is 3. The predicted octanol–water partition coefficient (Wildman–Crippen LogP) is 7.45. The van der Waals surface area contributed by atoms with Crippen LogP contribution in [0.25, 0.3) is 6.08 Å². The highest BCUT2D eigenvalue weighted by molar-refractivity contribution is 6.42. The average molecular weight is 375 g/mol. The van der Waals surface area contributed by atoms with Gasteiger partial charge in [0.2, 0.25) is 0 Å². The lowest BCUT2D eigenvalue weighted by Crippen LogP contribution is -1.99. The summed E-state index contributed by atoms with van der Waals surface area (Å²) in [5, 5.41) is 5.70. The first-order chi connectivity index (χ1) is 12.2. The van der Waals surface area contributed by atoms with Crippen molar-refractivity contribution in [2.45, 2.75) is 39.0 Å². The van der Waals surface area contributed by atoms with E-state index in [1.54, 1.807) is 0 Å². The van der Waals surface area contributed by atoms with Crippen LogP contribution in [0.1, 0.15) is 44.6 Å². The minimum absolute atomic E-state index is 0.563. The Labute approximate surface area is 160 Å². The second-order valence-corrected chi connectivity index (χ2v) is 6.71. The summed E-state index contributed by atoms with van der Waals surface area (Å²) in [7, 11) is 0. The number of halogens is 2. The molecule has 0 amide bonds. The van der Waals surface area contributed by atoms with Crippen LogP contribution in [0.3, 0.4) is 0 Å². The fourth-order valence-electron chi connectivity index (χ4n) is 2.37. The third kappa shape index (κ3) is 7.33. The van der Waals surface area contributed by atoms with Crippen LogP contribution in [0.2, 0.25) is 10.0 Å². The SMILES string of the molecule is CCCCCCC(/C=C/c1ccc(Cl)c(Cl)c1)=N\Nc1ccccc1. The molecule has 0 bridgehead atoms. The molecule has 132 valence electrons. The maximum absolute atomic E-state index is 6.08. The summed E-state index contributed by atoms with van der Waals surface area (Å²) in [6.45, 7) is 2.22. The van der Waals surface area contributed by atoms with Crippen LogP contribution in [0, 0.1) is 0 Å². The van der Waals surface area contributed by atoms with Gasteiger partial charge in [0, 0.05) is 0 Å². The molecule has 2 rings (SSSR count). The number of para-hydroxylation sites is 1. The molecule has 0 unspecified atom stereocenters. The second-order valence-electron chi connectivity index (χ2n) is 5.90. The second kappa shape index (κ2) is 11.0. The predicted molar refractivity (Wildman–Crippen MR) is 112 cm³/mol. The van der Waals surface area contributed by atoms with E-state index < -0.39 is 0 Å². The molecule has 0 radical (unpaired) electrons. The third-order valence-corrected chi connectivity index (χ3v) is 4.54. The van der Waals surface area contributed by atoms with Gasteiger partial charge in [0.25, 0.3) is 0 Å². The molecular weight excluding hydrogens is 351 g/mol. The summed E-state index contributed by atoms with van der Waals surface area (Å²) in [5.41, 5.74) is 6.14. The maximum atomic E-state index is 6.08. The Kier molecular flexibility index (Phi) is 8.58. The molecule has 0 aliphatic rings. The number of nitrogens with zero attached hydrogens (tertiary/aromatic N) is 1. The zero-order valence-electron chi connectivity index (χ0n) is 14.5. The van der Waals surface area contributed by atoms with Crippen molar-refractivity contribution in [2.24, 2.45) is 5.10 Å². The van der Waals surface area contributed by atoms with E-state index in [2.05, 4.69) is 17.5 Å². The van der Waals surface area contributed by atoms with Gasteiger partial charge in [-0.2, -0.15) is 5.10 Å². The van der Waals surface area contributed by atoms with E-state index in [1.165, 1.54) is 19.3 Å². The lowest BCUT2D eigenvalue weighted by Gasteiger charge is -2.05. The summed E-state index contributed by atoms with van der Waals surface area (Å²) in [5.74, 6) is 0. The molecule has 0 aromatic heterocycles. The number of hydrogen-bond acceptors (Lipinski definition) is 2. The van der Waals surface area contributed by atoms with E-state index in [4.69, 9.17) is 23.2 Å². The van der Waals surface area contributed by atoms with Gasteiger partial charge in [0.15, 0.2) is 0 Å². The molecule has 2 aromatic rings. The Bertz CT molecular complexity index is 709. The molecule has 1 N–H and O–H groups in total. The molecule has 0 spiro atoms. The first-order valence-corrected chi connectivity index (χ1v) is 9.45. The molecular formula is C21H24Cl2N2. The molecule has 0 saturated heterocycles. The van der Waals surface area contributed by atoms with E-state index >= 15 is 0 Å². The van der Waals surface area contributed by atoms with Crippen molar-refractivity contribution in [1.82, 2.24) is 0 Å². The van der Waals surface area contributed by atoms with Crippen LogP contribution in [0.15, 0.2) is 59.7 Å². The Hall–Kier alpha value is -1.77. The summed E-state index contributed by atoms with van der Waals surface area (Å²) < 4.78 is 0. The summed E-state index contributed by atoms with van der Waals surface area (Å²) in [6.07, 6.45) is 9.85. The summed E-state index contributed by atoms with van der Waals surface area (Å²) in [4.78, 5) is 0. The highest BCUT2D eigenvalue weighted by Crippen LogP contribution is 2.23. The number of hydrogen-bond donors (Lipinski definition) is 1. The van der Waals surface area contributed by atoms with E-state index in [0.717, 1.165) is 29.8 Å². The number of hydrazone groups is 1. The van der Waals surface area contributed by atoms with Crippen LogP contribution in [0.4, 0.5) is 5.69 Å². The quantitative estimate of drug-likeness (QED) is 0.275. The van der Waals surface area contributed by atoms with Gasteiger partial charge in [0.1, 0.15) is 0 Å². The van der Waals surface area contributed by atoms with E-state index in [9.17, 15) is 0 Å². The number of anilines is 1. The number of allylic oxidation sites excluding steroid dienone is 1. The molecule has 2 aromatic carbocycles. The van der Waals surface area contributed by atoms with Gasteiger partial charge in [-0.05, 0) is 48.7 Å². The molecule has 25 heavy (non-hydrogen) atoms. The lowest BCUT2D eigenvalue weighted by molar-refractivity contribution is 0.683. The van der Waals surface area contributed by atoms with Crippen molar-refractivity contribution in [3.05, 3.63) is 70.2 Å². The van der Waals surface area contributed by atoms with Crippen LogP contribution < -0.4 is 5.43 Å². The minimum atomic E-state index is 0.563. The first-order valence-electron chi connectivity index (χ1n) is 8.70. The Morgan fingerprint density at radius 2 is 1.80 bits per heavy atom. The van der Waals surface area contributed by atoms with Gasteiger partial charge in [-0.25, -0.2) is 0 Å². The normalized spacial score (nSPS) is 11.9. The van der Waals surface area contributed by atoms with E-state index in [1.807, 2.05) is 60.7 Å². The van der Waals surface area contributed by atoms with E-state index in [0.29, 0.717) is 10.0 Å². The fourth-order valence-corrected chi connectivity index (χ4v) is 2.67. The molecule has 0 atom stereocenters. The molecule has 0 saturated carbocycles. The average Bonchev–Trinajstić information content (AvgIpc) is 2.64. The van der Waals surface area contributed by atoms with Crippen LogP contribution >= 0.6 is 23.2 Å². The zero-order chi connectivity index (χ0) is 17.9. The summed E-state index contributed by atoms with van der Waals surface area (Å²) >= 11 is 12.0. The van der Waals surface area contributed by atoms with Crippen LogP contribution in [0.5, 0.6) is 0 Å². The van der Waals surface area contributed by atoms with Crippen molar-refractivity contribution >= 4 is 40.7 Å². The van der Waals surface area contributed by atoms with E-state index in [-0.39, 0.29) is 0 Å². The van der Waals surface area contributed by atoms with Gasteiger partial charge in [-0.1, -0.05) is 79.7 Å². The number of benzene rings is 2. The maximum Gasteiger partial charge on any atom is 0.0607 e. The molecule has 0 heterocycles. The summed E-state index contributed by atoms with van der Waals surface area (Å²) in [6, 6.07) is 15.6. The fraction of sp³-hybridized carbons (Fsp3) is 0.286. The van der Waals surface area contributed by atoms with Crippen molar-refractivity contribution in [3.63, 3.8) is 0 Å². The van der Waals surface area contributed by atoms with Gasteiger partial charge in [-0.3, -0.25) is 5.43 Å². The molecule has 0 aliphatic heterocycles. The first kappa shape index (κ1) is 19.6. The minimum Gasteiger partial charge on any atom is -0.278 e. The van der Waals surface area contributed by atoms with Crippen LogP contribution in [-0.2, 0) is 0 Å². The standard InChI is InChI=1S/C21H24Cl2N2/c1-2-3-4-6-11-19(25-24-18-9-7-5-8-10-18)14-12-17-13-15-20(22)21(23)16-17/h5,7-10,12-16,24H,2-4,6,11H2,1H3/b14-12+,25-19+. The van der Waals surface area contributed by atoms with Gasteiger partial charge < -0.3 is 0 Å². The van der Waals surface area contributed by atoms with Gasteiger partial charge in [0.05, 0.1) is 21.4 Å². The van der Waals surface area contributed by atoms with Gasteiger partial charge >= 0.3 is 0 Å². The highest BCUT2D eigenvalue weighted by atomic mass is 35.5. The van der Waals surface area contributed by atoms with Crippen molar-refractivity contribution < 1.29 is 0 Å². The Balaban J connectivity index is 2.06. The largest absolute Gasteiger partial charge is 0.278 e.